The van der Waals surface area contributed by atoms with Crippen LogP contribution in [0.15, 0.2) is 40.8 Å². The van der Waals surface area contributed by atoms with Gasteiger partial charge in [-0.2, -0.15) is 0 Å². The van der Waals surface area contributed by atoms with E-state index in [-0.39, 0.29) is 5.69 Å². The first-order valence-corrected chi connectivity index (χ1v) is 6.28. The van der Waals surface area contributed by atoms with E-state index in [1.807, 2.05) is 12.1 Å². The predicted molar refractivity (Wildman–Crippen MR) is 77.4 cm³/mol. The normalized spacial score (nSPS) is 10.8. The van der Waals surface area contributed by atoms with Crippen molar-refractivity contribution in [1.82, 2.24) is 4.98 Å². The Kier molecular flexibility index (Phi) is 3.06. The lowest BCUT2D eigenvalue weighted by atomic mass is 10.2. The molecule has 106 valence electrons. The van der Waals surface area contributed by atoms with Crippen molar-refractivity contribution in [3.8, 4) is 17.2 Å². The van der Waals surface area contributed by atoms with Gasteiger partial charge in [0, 0.05) is 23.3 Å². The number of benzene rings is 2. The molecule has 6 heteroatoms. The molecule has 0 spiro atoms. The number of aromatic nitrogens is 1. The molecule has 1 aromatic heterocycles. The summed E-state index contributed by atoms with van der Waals surface area (Å²) in [4.78, 5) is 14.8. The average Bonchev–Trinajstić information content (AvgIpc) is 2.92. The van der Waals surface area contributed by atoms with Crippen LogP contribution < -0.4 is 4.74 Å². The van der Waals surface area contributed by atoms with Gasteiger partial charge in [-0.15, -0.1) is 0 Å². The maximum atomic E-state index is 10.9. The molecular weight excluding hydrogens is 272 g/mol. The average molecular weight is 284 g/mol. The first kappa shape index (κ1) is 13.1. The van der Waals surface area contributed by atoms with Crippen LogP contribution in [0.5, 0.6) is 5.75 Å². The van der Waals surface area contributed by atoms with Crippen molar-refractivity contribution in [2.45, 2.75) is 6.92 Å². The maximum Gasteiger partial charge on any atom is 0.272 e. The van der Waals surface area contributed by atoms with E-state index >= 15 is 0 Å². The SMILES string of the molecule is COc1ccc(-c2nc3cc([N+](=O)[O-])cc(C)c3o2)cc1. The number of hydrogen-bond donors (Lipinski definition) is 0. The van der Waals surface area contributed by atoms with Gasteiger partial charge in [0.15, 0.2) is 5.58 Å². The van der Waals surface area contributed by atoms with Crippen LogP contribution in [0.1, 0.15) is 5.56 Å². The summed E-state index contributed by atoms with van der Waals surface area (Å²) in [6, 6.07) is 10.2. The Morgan fingerprint density at radius 3 is 2.57 bits per heavy atom. The zero-order valence-electron chi connectivity index (χ0n) is 11.5. The van der Waals surface area contributed by atoms with Crippen molar-refractivity contribution < 1.29 is 14.1 Å². The standard InChI is InChI=1S/C15H12N2O4/c1-9-7-11(17(18)19)8-13-14(9)21-15(16-13)10-3-5-12(20-2)6-4-10/h3-8H,1-2H3. The molecule has 0 atom stereocenters. The molecule has 0 bridgehead atoms. The minimum Gasteiger partial charge on any atom is -0.497 e. The van der Waals surface area contributed by atoms with E-state index in [0.29, 0.717) is 22.6 Å². The predicted octanol–water partition coefficient (Wildman–Crippen LogP) is 3.72. The topological polar surface area (TPSA) is 78.4 Å². The first-order chi connectivity index (χ1) is 10.1. The van der Waals surface area contributed by atoms with Crippen molar-refractivity contribution in [2.24, 2.45) is 0 Å². The van der Waals surface area contributed by atoms with Crippen LogP contribution in [0.3, 0.4) is 0 Å². The van der Waals surface area contributed by atoms with Crippen LogP contribution in [0.4, 0.5) is 5.69 Å². The Bertz CT molecular complexity index is 822. The number of rotatable bonds is 3. The number of fused-ring (bicyclic) bond motifs is 1. The molecule has 6 nitrogen and oxygen atoms in total. The molecule has 0 N–H and O–H groups in total. The summed E-state index contributed by atoms with van der Waals surface area (Å²) in [7, 11) is 1.59. The minimum absolute atomic E-state index is 0.00887. The number of hydrogen-bond acceptors (Lipinski definition) is 5. The van der Waals surface area contributed by atoms with E-state index in [4.69, 9.17) is 9.15 Å². The lowest BCUT2D eigenvalue weighted by Crippen LogP contribution is -1.88. The van der Waals surface area contributed by atoms with E-state index < -0.39 is 4.92 Å². The largest absolute Gasteiger partial charge is 0.497 e. The van der Waals surface area contributed by atoms with Crippen LogP contribution in [-0.4, -0.2) is 17.0 Å². The molecule has 0 aliphatic rings. The van der Waals surface area contributed by atoms with E-state index in [9.17, 15) is 10.1 Å². The zero-order valence-corrected chi connectivity index (χ0v) is 11.5. The molecule has 3 aromatic rings. The number of aryl methyl sites for hydroxylation is 1. The van der Waals surface area contributed by atoms with Crippen molar-refractivity contribution in [2.75, 3.05) is 7.11 Å². The van der Waals surface area contributed by atoms with Gasteiger partial charge in [-0.3, -0.25) is 10.1 Å². The fourth-order valence-corrected chi connectivity index (χ4v) is 2.14. The van der Waals surface area contributed by atoms with Crippen LogP contribution in [0, 0.1) is 17.0 Å². The van der Waals surface area contributed by atoms with E-state index in [1.165, 1.54) is 12.1 Å². The second-order valence-corrected chi connectivity index (χ2v) is 4.62. The number of non-ortho nitro benzene ring substituents is 1. The Hall–Kier alpha value is -2.89. The number of ether oxygens (including phenoxy) is 1. The summed E-state index contributed by atoms with van der Waals surface area (Å²) in [5, 5.41) is 10.9. The lowest BCUT2D eigenvalue weighted by Gasteiger charge is -1.99. The molecular formula is C15H12N2O4. The smallest absolute Gasteiger partial charge is 0.272 e. The second-order valence-electron chi connectivity index (χ2n) is 4.62. The quantitative estimate of drug-likeness (QED) is 0.541. The van der Waals surface area contributed by atoms with Gasteiger partial charge in [-0.1, -0.05) is 0 Å². The molecule has 0 aliphatic carbocycles. The third kappa shape index (κ3) is 2.31. The second kappa shape index (κ2) is 4.90. The molecule has 0 unspecified atom stereocenters. The van der Waals surface area contributed by atoms with Gasteiger partial charge in [0.1, 0.15) is 11.3 Å². The van der Waals surface area contributed by atoms with Gasteiger partial charge in [-0.05, 0) is 31.2 Å². The number of oxazole rings is 1. The highest BCUT2D eigenvalue weighted by Crippen LogP contribution is 2.30. The van der Waals surface area contributed by atoms with E-state index in [2.05, 4.69) is 4.98 Å². The molecule has 0 saturated heterocycles. The summed E-state index contributed by atoms with van der Waals surface area (Å²) < 4.78 is 10.8. The van der Waals surface area contributed by atoms with Gasteiger partial charge in [-0.25, -0.2) is 4.98 Å². The Labute approximate surface area is 120 Å². The van der Waals surface area contributed by atoms with Gasteiger partial charge in [0.2, 0.25) is 5.89 Å². The van der Waals surface area contributed by atoms with Crippen LogP contribution >= 0.6 is 0 Å². The van der Waals surface area contributed by atoms with E-state index in [1.54, 1.807) is 26.2 Å². The zero-order chi connectivity index (χ0) is 15.0. The van der Waals surface area contributed by atoms with Gasteiger partial charge < -0.3 is 9.15 Å². The highest BCUT2D eigenvalue weighted by molar-refractivity contribution is 5.81. The molecule has 0 saturated carbocycles. The first-order valence-electron chi connectivity index (χ1n) is 6.28. The number of nitro benzene ring substituents is 1. The monoisotopic (exact) mass is 284 g/mol. The third-order valence-corrected chi connectivity index (χ3v) is 3.21. The lowest BCUT2D eigenvalue weighted by molar-refractivity contribution is -0.384. The summed E-state index contributed by atoms with van der Waals surface area (Å²) in [5.74, 6) is 1.16. The highest BCUT2D eigenvalue weighted by atomic mass is 16.6. The molecule has 3 rings (SSSR count). The molecule has 1 heterocycles. The summed E-state index contributed by atoms with van der Waals surface area (Å²) in [5.41, 5.74) is 2.52. The Balaban J connectivity index is 2.11. The summed E-state index contributed by atoms with van der Waals surface area (Å²) >= 11 is 0. The van der Waals surface area contributed by atoms with Crippen molar-refractivity contribution in [3.63, 3.8) is 0 Å². The van der Waals surface area contributed by atoms with Crippen LogP contribution in [-0.2, 0) is 0 Å². The number of methoxy groups -OCH3 is 1. The molecule has 21 heavy (non-hydrogen) atoms. The number of nitrogens with zero attached hydrogens (tertiary/aromatic N) is 2. The molecule has 0 radical (unpaired) electrons. The fraction of sp³-hybridized carbons (Fsp3) is 0.133. The molecule has 0 aliphatic heterocycles. The summed E-state index contributed by atoms with van der Waals surface area (Å²) in [6.07, 6.45) is 0. The maximum absolute atomic E-state index is 10.9. The Morgan fingerprint density at radius 2 is 1.95 bits per heavy atom. The van der Waals surface area contributed by atoms with E-state index in [0.717, 1.165) is 11.3 Å². The van der Waals surface area contributed by atoms with Crippen molar-refractivity contribution in [3.05, 3.63) is 52.1 Å². The van der Waals surface area contributed by atoms with Crippen molar-refractivity contribution >= 4 is 16.8 Å². The Morgan fingerprint density at radius 1 is 1.24 bits per heavy atom. The van der Waals surface area contributed by atoms with Gasteiger partial charge >= 0.3 is 0 Å². The summed E-state index contributed by atoms with van der Waals surface area (Å²) in [6.45, 7) is 1.76. The third-order valence-electron chi connectivity index (χ3n) is 3.21. The highest BCUT2D eigenvalue weighted by Gasteiger charge is 2.15. The molecule has 0 fully saturated rings. The molecule has 2 aromatic carbocycles. The molecule has 0 amide bonds. The fourth-order valence-electron chi connectivity index (χ4n) is 2.14. The number of nitro groups is 1. The van der Waals surface area contributed by atoms with Crippen molar-refractivity contribution in [1.29, 1.82) is 0 Å². The van der Waals surface area contributed by atoms with Crippen LogP contribution in [0.2, 0.25) is 0 Å². The minimum atomic E-state index is -0.436. The van der Waals surface area contributed by atoms with Gasteiger partial charge in [0.05, 0.1) is 12.0 Å². The van der Waals surface area contributed by atoms with Crippen LogP contribution in [0.25, 0.3) is 22.6 Å². The van der Waals surface area contributed by atoms with Gasteiger partial charge in [0.25, 0.3) is 5.69 Å².